The van der Waals surface area contributed by atoms with Gasteiger partial charge in [-0.25, -0.2) is 0 Å². The van der Waals surface area contributed by atoms with Crippen LogP contribution in [0.3, 0.4) is 0 Å². The first-order chi connectivity index (χ1) is 10.7. The molecule has 122 valence electrons. The van der Waals surface area contributed by atoms with Crippen LogP contribution < -0.4 is 0 Å². The number of hydrogen-bond donors (Lipinski definition) is 1. The van der Waals surface area contributed by atoms with Crippen molar-refractivity contribution in [3.05, 3.63) is 0 Å². The Bertz CT molecular complexity index is 483. The number of nitrogens with zero attached hydrogens (tertiary/aromatic N) is 1. The smallest absolute Gasteiger partial charge is 0.0661 e. The van der Waals surface area contributed by atoms with Gasteiger partial charge in [0.05, 0.1) is 12.0 Å². The molecule has 4 aliphatic rings. The molecule has 2 heteroatoms. The summed E-state index contributed by atoms with van der Waals surface area (Å²) in [6, 6.07) is 2.63. The fourth-order valence-corrected chi connectivity index (χ4v) is 7.59. The van der Waals surface area contributed by atoms with Crippen molar-refractivity contribution in [3.8, 4) is 6.07 Å². The van der Waals surface area contributed by atoms with E-state index >= 15 is 0 Å². The lowest BCUT2D eigenvalue weighted by molar-refractivity contribution is -0.137. The summed E-state index contributed by atoms with van der Waals surface area (Å²) < 4.78 is 0. The topological polar surface area (TPSA) is 44.0 Å². The highest BCUT2D eigenvalue weighted by Crippen LogP contribution is 2.67. The van der Waals surface area contributed by atoms with Gasteiger partial charge in [-0.15, -0.1) is 0 Å². The van der Waals surface area contributed by atoms with Crippen molar-refractivity contribution in [3.63, 3.8) is 0 Å². The van der Waals surface area contributed by atoms with Crippen molar-refractivity contribution >= 4 is 0 Å². The van der Waals surface area contributed by atoms with Gasteiger partial charge in [0.25, 0.3) is 0 Å². The van der Waals surface area contributed by atoms with Crippen LogP contribution in [-0.4, -0.2) is 11.7 Å². The van der Waals surface area contributed by atoms with Crippen molar-refractivity contribution < 1.29 is 5.11 Å². The van der Waals surface area contributed by atoms with Crippen molar-refractivity contribution in [2.45, 2.75) is 71.1 Å². The molecule has 2 nitrogen and oxygen atoms in total. The van der Waals surface area contributed by atoms with E-state index in [9.17, 15) is 10.4 Å². The third kappa shape index (κ3) is 1.81. The number of aliphatic hydroxyl groups excluding tert-OH is 1. The molecule has 0 aromatic carbocycles. The summed E-state index contributed by atoms with van der Waals surface area (Å²) in [5.74, 6) is 3.35. The van der Waals surface area contributed by atoms with Crippen LogP contribution in [0.4, 0.5) is 0 Å². The Hall–Kier alpha value is -0.550. The molecule has 4 aliphatic carbocycles. The Kier molecular flexibility index (Phi) is 3.57. The molecule has 4 saturated carbocycles. The van der Waals surface area contributed by atoms with Gasteiger partial charge in [-0.1, -0.05) is 19.8 Å². The summed E-state index contributed by atoms with van der Waals surface area (Å²) >= 11 is 0. The fourth-order valence-electron chi connectivity index (χ4n) is 7.59. The van der Waals surface area contributed by atoms with E-state index in [0.717, 1.165) is 30.1 Å². The molecular weight excluding hydrogens is 270 g/mol. The van der Waals surface area contributed by atoms with Crippen LogP contribution in [0.5, 0.6) is 0 Å². The van der Waals surface area contributed by atoms with Crippen LogP contribution in [0.2, 0.25) is 0 Å². The van der Waals surface area contributed by atoms with Crippen molar-refractivity contribution in [1.29, 1.82) is 5.26 Å². The molecule has 1 N–H and O–H groups in total. The number of fused-ring (bicyclic) bond motifs is 5. The molecule has 4 fully saturated rings. The molecule has 0 heterocycles. The lowest BCUT2D eigenvalue weighted by Gasteiger charge is -2.60. The summed E-state index contributed by atoms with van der Waals surface area (Å²) in [7, 11) is 0. The second kappa shape index (κ2) is 5.23. The number of aliphatic hydroxyl groups is 1. The molecular formula is C20H31NO. The summed E-state index contributed by atoms with van der Waals surface area (Å²) in [5, 5.41) is 19.9. The number of rotatable bonds is 1. The zero-order chi connectivity index (χ0) is 15.4. The van der Waals surface area contributed by atoms with E-state index in [1.54, 1.807) is 0 Å². The Morgan fingerprint density at radius 1 is 1.00 bits per heavy atom. The van der Waals surface area contributed by atoms with E-state index in [-0.39, 0.29) is 16.7 Å². The van der Waals surface area contributed by atoms with Gasteiger partial charge in [-0.05, 0) is 85.9 Å². The summed E-state index contributed by atoms with van der Waals surface area (Å²) in [6.07, 6.45) is 12.9. The molecule has 0 aliphatic heterocycles. The average molecular weight is 301 g/mol. The molecule has 2 unspecified atom stereocenters. The molecule has 22 heavy (non-hydrogen) atoms. The highest BCUT2D eigenvalue weighted by atomic mass is 16.3. The van der Waals surface area contributed by atoms with Crippen LogP contribution in [-0.2, 0) is 0 Å². The van der Waals surface area contributed by atoms with Gasteiger partial charge in [-0.2, -0.15) is 5.26 Å². The number of nitriles is 1. The minimum Gasteiger partial charge on any atom is -0.396 e. The maximum Gasteiger partial charge on any atom is 0.0661 e. The van der Waals surface area contributed by atoms with Crippen LogP contribution in [0.15, 0.2) is 0 Å². The van der Waals surface area contributed by atoms with Gasteiger partial charge in [0.1, 0.15) is 0 Å². The van der Waals surface area contributed by atoms with Gasteiger partial charge >= 0.3 is 0 Å². The lowest BCUT2D eigenvalue weighted by atomic mass is 9.44. The monoisotopic (exact) mass is 301 g/mol. The Morgan fingerprint density at radius 3 is 2.64 bits per heavy atom. The zero-order valence-electron chi connectivity index (χ0n) is 14.1. The summed E-state index contributed by atoms with van der Waals surface area (Å²) in [5.41, 5.74) is 0.515. The van der Waals surface area contributed by atoms with Crippen LogP contribution in [0.25, 0.3) is 0 Å². The van der Waals surface area contributed by atoms with Crippen molar-refractivity contribution in [2.75, 3.05) is 6.61 Å². The zero-order valence-corrected chi connectivity index (χ0v) is 14.1. The fraction of sp³-hybridized carbons (Fsp3) is 0.950. The molecule has 0 bridgehead atoms. The van der Waals surface area contributed by atoms with E-state index in [2.05, 4.69) is 13.0 Å². The van der Waals surface area contributed by atoms with Crippen molar-refractivity contribution in [2.24, 2.45) is 40.4 Å². The third-order valence-electron chi connectivity index (χ3n) is 8.73. The maximum absolute atomic E-state index is 10.4. The summed E-state index contributed by atoms with van der Waals surface area (Å²) in [4.78, 5) is 0. The highest BCUT2D eigenvalue weighted by Gasteiger charge is 2.60. The molecule has 0 radical (unpaired) electrons. The normalized spacial score (nSPS) is 54.0. The van der Waals surface area contributed by atoms with E-state index in [1.165, 1.54) is 57.8 Å². The standard InChI is InChI=1S/C20H31NO/c1-19-11-9-18-16(17(19)8-6-15(19)12-21)7-5-14-4-2-3-10-20(14,18)13-22/h14-18,22H,2-11,13H2,1H3/t14-,15+,16-,17?,18?,19+,20+/m0/s1. The minimum atomic E-state index is 0.243. The predicted molar refractivity (Wildman–Crippen MR) is 86.9 cm³/mol. The lowest BCUT2D eigenvalue weighted by Crippen LogP contribution is -2.55. The largest absolute Gasteiger partial charge is 0.396 e. The molecule has 0 aromatic rings. The second-order valence-corrected chi connectivity index (χ2v) is 9.09. The highest BCUT2D eigenvalue weighted by molar-refractivity contribution is 5.12. The van der Waals surface area contributed by atoms with Crippen LogP contribution in [0, 0.1) is 51.8 Å². The molecule has 0 spiro atoms. The van der Waals surface area contributed by atoms with Crippen molar-refractivity contribution in [1.82, 2.24) is 0 Å². The molecule has 7 atom stereocenters. The predicted octanol–water partition coefficient (Wildman–Crippen LogP) is 4.53. The Labute approximate surface area is 135 Å². The van der Waals surface area contributed by atoms with Gasteiger partial charge in [0.15, 0.2) is 0 Å². The molecule has 0 aromatic heterocycles. The van der Waals surface area contributed by atoms with Crippen LogP contribution >= 0.6 is 0 Å². The van der Waals surface area contributed by atoms with E-state index in [1.807, 2.05) is 0 Å². The van der Waals surface area contributed by atoms with Gasteiger partial charge in [0.2, 0.25) is 0 Å². The Balaban J connectivity index is 1.66. The SMILES string of the molecule is C[C@]12CCC3[C@@H](CC[C@@H]4CCCC[C@]34CO)C1CC[C@@H]2C#N. The first-order valence-corrected chi connectivity index (χ1v) is 9.66. The molecule has 4 rings (SSSR count). The molecule has 0 amide bonds. The van der Waals surface area contributed by atoms with E-state index < -0.39 is 0 Å². The summed E-state index contributed by atoms with van der Waals surface area (Å²) in [6.45, 7) is 2.83. The average Bonchev–Trinajstić information content (AvgIpc) is 2.90. The first-order valence-electron chi connectivity index (χ1n) is 9.66. The quantitative estimate of drug-likeness (QED) is 0.773. The van der Waals surface area contributed by atoms with E-state index in [4.69, 9.17) is 0 Å². The minimum absolute atomic E-state index is 0.243. The van der Waals surface area contributed by atoms with Crippen LogP contribution in [0.1, 0.15) is 71.1 Å². The first kappa shape index (κ1) is 15.0. The maximum atomic E-state index is 10.4. The number of hydrogen-bond acceptors (Lipinski definition) is 2. The van der Waals surface area contributed by atoms with Gasteiger partial charge in [0, 0.05) is 6.61 Å². The van der Waals surface area contributed by atoms with Gasteiger partial charge in [-0.3, -0.25) is 0 Å². The molecule has 0 saturated heterocycles. The van der Waals surface area contributed by atoms with Gasteiger partial charge < -0.3 is 5.11 Å². The van der Waals surface area contributed by atoms with E-state index in [0.29, 0.717) is 6.61 Å². The third-order valence-corrected chi connectivity index (χ3v) is 8.73. The second-order valence-electron chi connectivity index (χ2n) is 9.09. The Morgan fingerprint density at radius 2 is 1.86 bits per heavy atom.